The lowest BCUT2D eigenvalue weighted by Crippen LogP contribution is -2.50. The highest BCUT2D eigenvalue weighted by molar-refractivity contribution is 6.56. The highest BCUT2D eigenvalue weighted by Crippen LogP contribution is 2.24. The van der Waals surface area contributed by atoms with Gasteiger partial charge in [0.2, 0.25) is 19.7 Å². The molecule has 1 heterocycles. The van der Waals surface area contributed by atoms with Gasteiger partial charge in [0.25, 0.3) is 0 Å². The smallest absolute Gasteiger partial charge is 0.242 e. The molecule has 1 aromatic carbocycles. The Labute approximate surface area is 181 Å². The van der Waals surface area contributed by atoms with E-state index in [0.29, 0.717) is 29.4 Å². The molecule has 158 valence electrons. The Morgan fingerprint density at radius 3 is 2.72 bits per heavy atom. The number of nitrogens with one attached hydrogen (secondary N) is 2. The number of hydrogen-bond acceptors (Lipinski definition) is 4. The molecule has 7 nitrogen and oxygen atoms in total. The van der Waals surface area contributed by atoms with Gasteiger partial charge in [0.05, 0.1) is 28.6 Å². The average Bonchev–Trinajstić information content (AvgIpc) is 2.86. The van der Waals surface area contributed by atoms with Crippen LogP contribution < -0.4 is 10.6 Å². The second kappa shape index (κ2) is 10.9. The molecule has 3 N–H and O–H groups in total. The van der Waals surface area contributed by atoms with Crippen molar-refractivity contribution in [3.8, 4) is 0 Å². The molecule has 1 aromatic rings. The summed E-state index contributed by atoms with van der Waals surface area (Å²) in [5.41, 5.74) is 0.778. The first-order chi connectivity index (χ1) is 13.7. The molecule has 0 bridgehead atoms. The van der Waals surface area contributed by atoms with Crippen molar-refractivity contribution >= 4 is 48.7 Å². The maximum absolute atomic E-state index is 12.4. The number of halogens is 2. The van der Waals surface area contributed by atoms with Crippen LogP contribution in [0.4, 0.5) is 4.79 Å². The molecule has 1 aliphatic heterocycles. The minimum Gasteiger partial charge on any atom is -0.390 e. The number of hydrogen-bond donors (Lipinski definition) is 3. The Morgan fingerprint density at radius 1 is 1.34 bits per heavy atom. The summed E-state index contributed by atoms with van der Waals surface area (Å²) in [6, 6.07) is 3.84. The van der Waals surface area contributed by atoms with E-state index in [1.807, 2.05) is 0 Å². The van der Waals surface area contributed by atoms with Crippen LogP contribution in [-0.4, -0.2) is 67.3 Å². The van der Waals surface area contributed by atoms with Gasteiger partial charge in [-0.25, -0.2) is 0 Å². The zero-order valence-corrected chi connectivity index (χ0v) is 18.1. The molecular formula is C19H26BCl2N3O4. The van der Waals surface area contributed by atoms with Crippen molar-refractivity contribution in [2.75, 3.05) is 13.6 Å². The van der Waals surface area contributed by atoms with Crippen LogP contribution in [0.3, 0.4) is 0 Å². The largest absolute Gasteiger partial charge is 0.390 e. The second-order valence-electron chi connectivity index (χ2n) is 7.33. The maximum Gasteiger partial charge on any atom is 0.242 e. The van der Waals surface area contributed by atoms with Crippen molar-refractivity contribution in [1.29, 1.82) is 0 Å². The number of benzene rings is 1. The van der Waals surface area contributed by atoms with Gasteiger partial charge in [-0.3, -0.25) is 14.4 Å². The van der Waals surface area contributed by atoms with Gasteiger partial charge in [0, 0.05) is 13.6 Å². The molecule has 29 heavy (non-hydrogen) atoms. The molecule has 2 unspecified atom stereocenters. The third-order valence-corrected chi connectivity index (χ3v) is 5.87. The Balaban J connectivity index is 2.06. The lowest BCUT2D eigenvalue weighted by molar-refractivity contribution is -0.130. The van der Waals surface area contributed by atoms with Crippen LogP contribution in [0.2, 0.25) is 10.0 Å². The fourth-order valence-electron chi connectivity index (χ4n) is 3.33. The van der Waals surface area contributed by atoms with Gasteiger partial charge < -0.3 is 20.6 Å². The van der Waals surface area contributed by atoms with E-state index in [9.17, 15) is 19.5 Å². The van der Waals surface area contributed by atoms with E-state index in [2.05, 4.69) is 10.6 Å². The van der Waals surface area contributed by atoms with Gasteiger partial charge >= 0.3 is 0 Å². The van der Waals surface area contributed by atoms with Crippen LogP contribution >= 0.6 is 23.2 Å². The highest BCUT2D eigenvalue weighted by atomic mass is 35.5. The Hall–Kier alpha value is -1.77. The molecule has 0 aliphatic carbocycles. The van der Waals surface area contributed by atoms with Gasteiger partial charge in [-0.05, 0) is 43.4 Å². The van der Waals surface area contributed by atoms with E-state index in [1.54, 1.807) is 25.2 Å². The first-order valence-corrected chi connectivity index (χ1v) is 10.4. The standard InChI is InChI=1S/C19H26BCl2N3O4/c1-25(19(20)29)15(9-11-5-6-12(21)13(22)8-11)16(26)10-17(27)24-14-4-2-3-7-23-18(14)28/h5-6,8,14-16,26H,2-4,7,9-10,20H2,1H3,(H,23,28)(H,24,27)/t14?,15-,16?/m1/s1. The number of carbonyl (C=O) groups excluding carboxylic acids is 3. The summed E-state index contributed by atoms with van der Waals surface area (Å²) in [7, 11) is 2.97. The number of nitrogens with zero attached hydrogens (tertiary/aromatic N) is 1. The minimum absolute atomic E-state index is 0.210. The number of aliphatic hydroxyl groups is 1. The van der Waals surface area contributed by atoms with Crippen LogP contribution in [0, 0.1) is 0 Å². The number of aliphatic hydroxyl groups excluding tert-OH is 1. The number of likely N-dealkylation sites (N-methyl/N-ethyl adjacent to an activating group) is 1. The van der Waals surface area contributed by atoms with Crippen molar-refractivity contribution in [2.24, 2.45) is 0 Å². The van der Waals surface area contributed by atoms with Crippen molar-refractivity contribution in [3.63, 3.8) is 0 Å². The lowest BCUT2D eigenvalue weighted by Gasteiger charge is -2.32. The van der Waals surface area contributed by atoms with Crippen molar-refractivity contribution in [1.82, 2.24) is 15.5 Å². The summed E-state index contributed by atoms with van der Waals surface area (Å²) in [5, 5.41) is 17.0. The summed E-state index contributed by atoms with van der Waals surface area (Å²) in [6.07, 6.45) is 1.22. The summed E-state index contributed by atoms with van der Waals surface area (Å²) < 4.78 is 0. The molecule has 0 radical (unpaired) electrons. The second-order valence-corrected chi connectivity index (χ2v) is 8.14. The topological polar surface area (TPSA) is 98.7 Å². The quantitative estimate of drug-likeness (QED) is 0.552. The molecule has 1 aliphatic rings. The summed E-state index contributed by atoms with van der Waals surface area (Å²) >= 11 is 12.0. The van der Waals surface area contributed by atoms with Crippen LogP contribution in [0.15, 0.2) is 18.2 Å². The first kappa shape index (κ1) is 23.5. The van der Waals surface area contributed by atoms with Gasteiger partial charge in [-0.15, -0.1) is 0 Å². The van der Waals surface area contributed by atoms with E-state index >= 15 is 0 Å². The monoisotopic (exact) mass is 441 g/mol. The summed E-state index contributed by atoms with van der Waals surface area (Å²) in [4.78, 5) is 37.7. The Morgan fingerprint density at radius 2 is 2.07 bits per heavy atom. The average molecular weight is 442 g/mol. The van der Waals surface area contributed by atoms with Crippen LogP contribution in [-0.2, 0) is 16.0 Å². The number of amides is 3. The lowest BCUT2D eigenvalue weighted by atomic mass is 9.95. The van der Waals surface area contributed by atoms with Gasteiger partial charge in [0.15, 0.2) is 5.81 Å². The molecule has 10 heteroatoms. The van der Waals surface area contributed by atoms with Gasteiger partial charge in [0.1, 0.15) is 6.04 Å². The van der Waals surface area contributed by atoms with E-state index in [1.165, 1.54) is 12.7 Å². The zero-order chi connectivity index (χ0) is 21.6. The third kappa shape index (κ3) is 6.91. The number of carbonyl (C=O) groups is 3. The van der Waals surface area contributed by atoms with E-state index in [4.69, 9.17) is 23.2 Å². The van der Waals surface area contributed by atoms with E-state index < -0.39 is 24.1 Å². The molecule has 0 saturated carbocycles. The Bertz CT molecular complexity index is 765. The fourth-order valence-corrected chi connectivity index (χ4v) is 3.65. The van der Waals surface area contributed by atoms with Crippen molar-refractivity contribution < 1.29 is 19.5 Å². The summed E-state index contributed by atoms with van der Waals surface area (Å²) in [5.74, 6) is -0.883. The zero-order valence-electron chi connectivity index (χ0n) is 16.6. The fraction of sp³-hybridized carbons (Fsp3) is 0.526. The van der Waals surface area contributed by atoms with Crippen LogP contribution in [0.25, 0.3) is 0 Å². The molecule has 2 rings (SSSR count). The van der Waals surface area contributed by atoms with E-state index in [-0.39, 0.29) is 18.1 Å². The van der Waals surface area contributed by atoms with Gasteiger partial charge in [-0.1, -0.05) is 29.3 Å². The predicted molar refractivity (Wildman–Crippen MR) is 115 cm³/mol. The third-order valence-electron chi connectivity index (χ3n) is 5.13. The predicted octanol–water partition coefficient (Wildman–Crippen LogP) is 1.13. The normalized spacial score (nSPS) is 18.9. The summed E-state index contributed by atoms with van der Waals surface area (Å²) in [6.45, 7) is 0.600. The molecular weight excluding hydrogens is 416 g/mol. The van der Waals surface area contributed by atoms with Crippen LogP contribution in [0.1, 0.15) is 31.2 Å². The molecule has 0 spiro atoms. The number of rotatable bonds is 7. The van der Waals surface area contributed by atoms with Crippen molar-refractivity contribution in [3.05, 3.63) is 33.8 Å². The van der Waals surface area contributed by atoms with E-state index in [0.717, 1.165) is 18.4 Å². The maximum atomic E-state index is 12.4. The molecule has 0 aromatic heterocycles. The molecule has 1 fully saturated rings. The Kier molecular flexibility index (Phi) is 8.80. The first-order valence-electron chi connectivity index (χ1n) is 9.61. The minimum atomic E-state index is -1.12. The van der Waals surface area contributed by atoms with Crippen LogP contribution in [0.5, 0.6) is 0 Å². The van der Waals surface area contributed by atoms with Gasteiger partial charge in [-0.2, -0.15) is 0 Å². The highest BCUT2D eigenvalue weighted by Gasteiger charge is 2.29. The molecule has 3 atom stereocenters. The molecule has 3 amide bonds. The molecule has 1 saturated heterocycles. The SMILES string of the molecule is BC(=O)N(C)[C@H](Cc1ccc(Cl)c(Cl)c1)C(O)CC(=O)NC1CCCCNC1=O. The van der Waals surface area contributed by atoms with Crippen molar-refractivity contribution in [2.45, 2.75) is 50.3 Å².